The lowest BCUT2D eigenvalue weighted by Gasteiger charge is -2.15. The van der Waals surface area contributed by atoms with Crippen molar-refractivity contribution < 1.29 is 0 Å². The van der Waals surface area contributed by atoms with Crippen LogP contribution in [0.3, 0.4) is 0 Å². The van der Waals surface area contributed by atoms with E-state index in [9.17, 15) is 4.79 Å². The number of H-pyrrole nitrogens is 1. The van der Waals surface area contributed by atoms with Crippen molar-refractivity contribution in [3.63, 3.8) is 0 Å². The number of hydrogen-bond donors (Lipinski definition) is 1. The summed E-state index contributed by atoms with van der Waals surface area (Å²) in [5.41, 5.74) is 0.598. The predicted molar refractivity (Wildman–Crippen MR) is 60.7 cm³/mol. The number of halogens is 1. The van der Waals surface area contributed by atoms with Crippen LogP contribution >= 0.6 is 11.6 Å². The lowest BCUT2D eigenvalue weighted by molar-refractivity contribution is 0.876. The highest BCUT2D eigenvalue weighted by atomic mass is 35.5. The lowest BCUT2D eigenvalue weighted by atomic mass is 10.3. The summed E-state index contributed by atoms with van der Waals surface area (Å²) in [4.78, 5) is 20.8. The van der Waals surface area contributed by atoms with Crippen molar-refractivity contribution in [2.24, 2.45) is 0 Å². The summed E-state index contributed by atoms with van der Waals surface area (Å²) in [7, 11) is 0. The maximum absolute atomic E-state index is 11.6. The smallest absolute Gasteiger partial charge is 0.255 e. The Hall–Kier alpha value is -1.03. The molecule has 1 fully saturated rings. The zero-order valence-corrected chi connectivity index (χ0v) is 9.26. The highest BCUT2D eigenvalue weighted by Gasteiger charge is 2.14. The molecule has 15 heavy (non-hydrogen) atoms. The third-order valence-electron chi connectivity index (χ3n) is 2.63. The van der Waals surface area contributed by atoms with Crippen molar-refractivity contribution >= 4 is 17.5 Å². The Labute approximate surface area is 93.3 Å². The minimum atomic E-state index is -0.0625. The minimum Gasteiger partial charge on any atom is -0.342 e. The van der Waals surface area contributed by atoms with Gasteiger partial charge in [0, 0.05) is 30.7 Å². The minimum absolute atomic E-state index is 0.0625. The van der Waals surface area contributed by atoms with Gasteiger partial charge in [-0.3, -0.25) is 9.78 Å². The van der Waals surface area contributed by atoms with Crippen molar-refractivity contribution in [1.29, 1.82) is 0 Å². The van der Waals surface area contributed by atoms with Crippen molar-refractivity contribution in [2.45, 2.75) is 19.3 Å². The van der Waals surface area contributed by atoms with Crippen molar-refractivity contribution in [3.05, 3.63) is 22.1 Å². The van der Waals surface area contributed by atoms with Gasteiger partial charge in [0.05, 0.1) is 0 Å². The number of aryl methyl sites for hydroxylation is 1. The van der Waals surface area contributed by atoms with Crippen LogP contribution in [0.1, 0.15) is 18.4 Å². The molecule has 1 aromatic rings. The molecule has 0 atom stereocenters. The fourth-order valence-electron chi connectivity index (χ4n) is 1.78. The lowest BCUT2D eigenvalue weighted by Crippen LogP contribution is -2.25. The summed E-state index contributed by atoms with van der Waals surface area (Å²) in [5.74, 6) is 1.14. The maximum Gasteiger partial charge on any atom is 0.255 e. The molecule has 1 saturated heterocycles. The van der Waals surface area contributed by atoms with E-state index in [2.05, 4.69) is 14.9 Å². The van der Waals surface area contributed by atoms with Crippen molar-refractivity contribution in [3.8, 4) is 0 Å². The van der Waals surface area contributed by atoms with Gasteiger partial charge >= 0.3 is 0 Å². The first-order chi connectivity index (χ1) is 7.31. The molecular weight excluding hydrogens is 214 g/mol. The van der Waals surface area contributed by atoms with Crippen LogP contribution in [0.25, 0.3) is 0 Å². The van der Waals surface area contributed by atoms with Crippen LogP contribution in [0.4, 0.5) is 5.95 Å². The van der Waals surface area contributed by atoms with Gasteiger partial charge in [0.2, 0.25) is 5.95 Å². The third kappa shape index (κ3) is 2.31. The summed E-state index contributed by atoms with van der Waals surface area (Å²) in [6, 6.07) is 0. The van der Waals surface area contributed by atoms with E-state index in [1.165, 1.54) is 12.8 Å². The summed E-state index contributed by atoms with van der Waals surface area (Å²) in [6.45, 7) is 1.97. The molecule has 0 saturated carbocycles. The molecule has 1 aliphatic heterocycles. The molecule has 1 N–H and O–H groups in total. The number of aromatic nitrogens is 2. The standard InChI is InChI=1S/C10H14ClN3O/c11-4-3-8-7-12-10(13-9(8)15)14-5-1-2-6-14/h7H,1-6H2,(H,12,13,15). The van der Waals surface area contributed by atoms with E-state index in [-0.39, 0.29) is 5.56 Å². The van der Waals surface area contributed by atoms with Gasteiger partial charge in [-0.25, -0.2) is 4.98 Å². The summed E-state index contributed by atoms with van der Waals surface area (Å²) < 4.78 is 0. The molecule has 4 nitrogen and oxygen atoms in total. The van der Waals surface area contributed by atoms with Gasteiger partial charge < -0.3 is 4.90 Å². The molecule has 0 radical (unpaired) electrons. The van der Waals surface area contributed by atoms with E-state index in [0.29, 0.717) is 23.8 Å². The second-order valence-corrected chi connectivity index (χ2v) is 4.07. The highest BCUT2D eigenvalue weighted by molar-refractivity contribution is 6.17. The molecule has 1 aromatic heterocycles. The van der Waals surface area contributed by atoms with E-state index >= 15 is 0 Å². The zero-order valence-electron chi connectivity index (χ0n) is 8.50. The van der Waals surface area contributed by atoms with Crippen LogP contribution in [-0.2, 0) is 6.42 Å². The molecular formula is C10H14ClN3O. The summed E-state index contributed by atoms with van der Waals surface area (Å²) in [6.07, 6.45) is 4.55. The number of nitrogens with zero attached hydrogens (tertiary/aromatic N) is 2. The summed E-state index contributed by atoms with van der Waals surface area (Å²) in [5, 5.41) is 0. The highest BCUT2D eigenvalue weighted by Crippen LogP contribution is 2.13. The van der Waals surface area contributed by atoms with Crippen LogP contribution in [0, 0.1) is 0 Å². The van der Waals surface area contributed by atoms with Gasteiger partial charge in [-0.05, 0) is 19.3 Å². The number of nitrogens with one attached hydrogen (secondary N) is 1. The largest absolute Gasteiger partial charge is 0.342 e. The second kappa shape index (κ2) is 4.66. The first-order valence-electron chi connectivity index (χ1n) is 5.20. The molecule has 0 aliphatic carbocycles. The van der Waals surface area contributed by atoms with Crippen LogP contribution in [0.15, 0.2) is 11.0 Å². The van der Waals surface area contributed by atoms with Gasteiger partial charge in [-0.2, -0.15) is 0 Å². The molecule has 82 valence electrons. The number of aromatic amines is 1. The van der Waals surface area contributed by atoms with Crippen LogP contribution in [0.2, 0.25) is 0 Å². The van der Waals surface area contributed by atoms with E-state index < -0.39 is 0 Å². The fraction of sp³-hybridized carbons (Fsp3) is 0.600. The van der Waals surface area contributed by atoms with Crippen molar-refractivity contribution in [2.75, 3.05) is 23.9 Å². The molecule has 0 spiro atoms. The topological polar surface area (TPSA) is 49.0 Å². The van der Waals surface area contributed by atoms with Crippen LogP contribution in [0.5, 0.6) is 0 Å². The normalized spacial score (nSPS) is 15.9. The predicted octanol–water partition coefficient (Wildman–Crippen LogP) is 1.15. The Kier molecular flexibility index (Phi) is 3.26. The average Bonchev–Trinajstić information content (AvgIpc) is 2.74. The maximum atomic E-state index is 11.6. The van der Waals surface area contributed by atoms with Crippen molar-refractivity contribution in [1.82, 2.24) is 9.97 Å². The molecule has 5 heteroatoms. The van der Waals surface area contributed by atoms with Gasteiger partial charge in [-0.1, -0.05) is 0 Å². The quantitative estimate of drug-likeness (QED) is 0.789. The Morgan fingerprint density at radius 1 is 1.47 bits per heavy atom. The van der Waals surface area contributed by atoms with Gasteiger partial charge in [0.15, 0.2) is 0 Å². The number of anilines is 1. The number of rotatable bonds is 3. The van der Waals surface area contributed by atoms with Crippen LogP contribution < -0.4 is 10.5 Å². The Bertz CT molecular complexity index is 384. The number of hydrogen-bond acceptors (Lipinski definition) is 3. The Balaban J connectivity index is 2.20. The van der Waals surface area contributed by atoms with E-state index in [1.807, 2.05) is 0 Å². The second-order valence-electron chi connectivity index (χ2n) is 3.69. The SMILES string of the molecule is O=c1[nH]c(N2CCCC2)ncc1CCCl. The average molecular weight is 228 g/mol. The molecule has 2 heterocycles. The fourth-order valence-corrected chi connectivity index (χ4v) is 1.98. The van der Waals surface area contributed by atoms with Crippen LogP contribution in [-0.4, -0.2) is 28.9 Å². The monoisotopic (exact) mass is 227 g/mol. The Morgan fingerprint density at radius 3 is 2.80 bits per heavy atom. The first-order valence-corrected chi connectivity index (χ1v) is 5.74. The molecule has 1 aliphatic rings. The molecule has 0 unspecified atom stereocenters. The van der Waals surface area contributed by atoms with Gasteiger partial charge in [-0.15, -0.1) is 11.6 Å². The zero-order chi connectivity index (χ0) is 10.7. The molecule has 0 bridgehead atoms. The summed E-state index contributed by atoms with van der Waals surface area (Å²) >= 11 is 5.58. The van der Waals surface area contributed by atoms with Gasteiger partial charge in [0.25, 0.3) is 5.56 Å². The van der Waals surface area contributed by atoms with Gasteiger partial charge in [0.1, 0.15) is 0 Å². The number of alkyl halides is 1. The first kappa shape index (κ1) is 10.5. The van der Waals surface area contributed by atoms with E-state index in [1.54, 1.807) is 6.20 Å². The Morgan fingerprint density at radius 2 is 2.20 bits per heavy atom. The molecule has 0 amide bonds. The van der Waals surface area contributed by atoms with E-state index in [4.69, 9.17) is 11.6 Å². The third-order valence-corrected chi connectivity index (χ3v) is 2.82. The van der Waals surface area contributed by atoms with E-state index in [0.717, 1.165) is 13.1 Å². The molecule has 2 rings (SSSR count). The molecule has 0 aromatic carbocycles.